The predicted molar refractivity (Wildman–Crippen MR) is 79.9 cm³/mol. The molecule has 1 unspecified atom stereocenters. The SMILES string of the molecule is CNC(COc1ccccc1)Cc1ccc(F)cc1Cl. The summed E-state index contributed by atoms with van der Waals surface area (Å²) in [6, 6.07) is 14.2. The van der Waals surface area contributed by atoms with Crippen molar-refractivity contribution in [2.45, 2.75) is 12.5 Å². The lowest BCUT2D eigenvalue weighted by Crippen LogP contribution is -2.33. The maximum Gasteiger partial charge on any atom is 0.124 e. The quantitative estimate of drug-likeness (QED) is 0.877. The van der Waals surface area contributed by atoms with Gasteiger partial charge in [-0.05, 0) is 43.3 Å². The summed E-state index contributed by atoms with van der Waals surface area (Å²) in [5.41, 5.74) is 0.907. The molecular formula is C16H17ClFNO. The zero-order chi connectivity index (χ0) is 14.4. The van der Waals surface area contributed by atoms with E-state index in [4.69, 9.17) is 16.3 Å². The molecule has 4 heteroatoms. The molecule has 2 aromatic rings. The molecule has 0 bridgehead atoms. The fourth-order valence-corrected chi connectivity index (χ4v) is 2.15. The molecule has 2 aromatic carbocycles. The summed E-state index contributed by atoms with van der Waals surface area (Å²) in [7, 11) is 1.87. The Kier molecular flexibility index (Phi) is 5.39. The van der Waals surface area contributed by atoms with E-state index in [0.29, 0.717) is 18.1 Å². The normalized spacial score (nSPS) is 12.2. The second-order valence-corrected chi connectivity index (χ2v) is 4.96. The third kappa shape index (κ3) is 4.22. The number of ether oxygens (including phenoxy) is 1. The summed E-state index contributed by atoms with van der Waals surface area (Å²) in [6.45, 7) is 0.522. The molecule has 0 aliphatic rings. The number of halogens is 2. The summed E-state index contributed by atoms with van der Waals surface area (Å²) < 4.78 is 18.7. The highest BCUT2D eigenvalue weighted by molar-refractivity contribution is 6.31. The second-order valence-electron chi connectivity index (χ2n) is 4.55. The first-order valence-electron chi connectivity index (χ1n) is 6.48. The number of benzene rings is 2. The van der Waals surface area contributed by atoms with Gasteiger partial charge >= 0.3 is 0 Å². The highest BCUT2D eigenvalue weighted by atomic mass is 35.5. The average molecular weight is 294 g/mol. The Balaban J connectivity index is 1.95. The summed E-state index contributed by atoms with van der Waals surface area (Å²) in [5, 5.41) is 3.63. The van der Waals surface area contributed by atoms with Crippen LogP contribution in [0.5, 0.6) is 5.75 Å². The van der Waals surface area contributed by atoms with Gasteiger partial charge in [0.15, 0.2) is 0 Å². The molecule has 0 aliphatic carbocycles. The molecule has 2 nitrogen and oxygen atoms in total. The van der Waals surface area contributed by atoms with Crippen LogP contribution in [0.4, 0.5) is 4.39 Å². The van der Waals surface area contributed by atoms with Crippen molar-refractivity contribution < 1.29 is 9.13 Å². The average Bonchev–Trinajstić information content (AvgIpc) is 2.46. The fraction of sp³-hybridized carbons (Fsp3) is 0.250. The van der Waals surface area contributed by atoms with Crippen LogP contribution in [0.2, 0.25) is 5.02 Å². The van der Waals surface area contributed by atoms with E-state index in [1.807, 2.05) is 37.4 Å². The van der Waals surface area contributed by atoms with E-state index >= 15 is 0 Å². The van der Waals surface area contributed by atoms with Crippen molar-refractivity contribution in [2.24, 2.45) is 0 Å². The fourth-order valence-electron chi connectivity index (χ4n) is 1.91. The van der Waals surface area contributed by atoms with Gasteiger partial charge in [-0.25, -0.2) is 4.39 Å². The summed E-state index contributed by atoms with van der Waals surface area (Å²) in [4.78, 5) is 0. The van der Waals surface area contributed by atoms with Crippen LogP contribution in [0, 0.1) is 5.82 Å². The Morgan fingerprint density at radius 3 is 2.60 bits per heavy atom. The third-order valence-electron chi connectivity index (χ3n) is 3.08. The van der Waals surface area contributed by atoms with Crippen LogP contribution in [-0.4, -0.2) is 19.7 Å². The van der Waals surface area contributed by atoms with E-state index in [1.165, 1.54) is 12.1 Å². The minimum atomic E-state index is -0.319. The highest BCUT2D eigenvalue weighted by Crippen LogP contribution is 2.19. The highest BCUT2D eigenvalue weighted by Gasteiger charge is 2.11. The molecule has 0 fully saturated rings. The summed E-state index contributed by atoms with van der Waals surface area (Å²) in [5.74, 6) is 0.512. The van der Waals surface area contributed by atoms with Gasteiger partial charge in [0, 0.05) is 11.1 Å². The maximum absolute atomic E-state index is 13.0. The first-order valence-corrected chi connectivity index (χ1v) is 6.86. The number of rotatable bonds is 6. The van der Waals surface area contributed by atoms with Crippen LogP contribution < -0.4 is 10.1 Å². The minimum absolute atomic E-state index is 0.109. The number of hydrogen-bond acceptors (Lipinski definition) is 2. The molecule has 0 heterocycles. The Morgan fingerprint density at radius 2 is 1.95 bits per heavy atom. The molecule has 2 rings (SSSR count). The van der Waals surface area contributed by atoms with Gasteiger partial charge in [0.25, 0.3) is 0 Å². The minimum Gasteiger partial charge on any atom is -0.492 e. The Bertz CT molecular complexity index is 547. The Morgan fingerprint density at radius 1 is 1.20 bits per heavy atom. The van der Waals surface area contributed by atoms with Gasteiger partial charge in [-0.1, -0.05) is 35.9 Å². The number of likely N-dealkylation sites (N-methyl/N-ethyl adjacent to an activating group) is 1. The lowest BCUT2D eigenvalue weighted by atomic mass is 10.1. The molecule has 0 radical (unpaired) electrons. The van der Waals surface area contributed by atoms with Crippen LogP contribution in [0.25, 0.3) is 0 Å². The molecule has 0 spiro atoms. The van der Waals surface area contributed by atoms with Gasteiger partial charge in [-0.15, -0.1) is 0 Å². The summed E-state index contributed by atoms with van der Waals surface area (Å²) in [6.07, 6.45) is 0.683. The van der Waals surface area contributed by atoms with E-state index < -0.39 is 0 Å². The number of para-hydroxylation sites is 1. The Hall–Kier alpha value is -1.58. The third-order valence-corrected chi connectivity index (χ3v) is 3.44. The number of hydrogen-bond donors (Lipinski definition) is 1. The van der Waals surface area contributed by atoms with Gasteiger partial charge in [-0.3, -0.25) is 0 Å². The van der Waals surface area contributed by atoms with Crippen LogP contribution >= 0.6 is 11.6 Å². The Labute approximate surface area is 123 Å². The van der Waals surface area contributed by atoms with Crippen molar-refractivity contribution in [3.8, 4) is 5.75 Å². The predicted octanol–water partition coefficient (Wildman–Crippen LogP) is 3.69. The van der Waals surface area contributed by atoms with E-state index in [2.05, 4.69) is 5.32 Å². The molecule has 0 amide bonds. The van der Waals surface area contributed by atoms with Crippen molar-refractivity contribution in [3.05, 3.63) is 64.9 Å². The lowest BCUT2D eigenvalue weighted by Gasteiger charge is -2.18. The van der Waals surface area contributed by atoms with Gasteiger partial charge < -0.3 is 10.1 Å². The van der Waals surface area contributed by atoms with Crippen molar-refractivity contribution in [3.63, 3.8) is 0 Å². The van der Waals surface area contributed by atoms with Gasteiger partial charge in [0.1, 0.15) is 18.2 Å². The molecule has 106 valence electrons. The second kappa shape index (κ2) is 7.27. The first-order chi connectivity index (χ1) is 9.69. The van der Waals surface area contributed by atoms with E-state index in [1.54, 1.807) is 6.07 Å². The zero-order valence-electron chi connectivity index (χ0n) is 11.3. The van der Waals surface area contributed by atoms with Crippen LogP contribution in [0.15, 0.2) is 48.5 Å². The van der Waals surface area contributed by atoms with Crippen LogP contribution in [0.1, 0.15) is 5.56 Å². The van der Waals surface area contributed by atoms with Gasteiger partial charge in [0.05, 0.1) is 0 Å². The number of nitrogens with one attached hydrogen (secondary N) is 1. The first kappa shape index (κ1) is 14.8. The molecule has 1 N–H and O–H groups in total. The van der Waals surface area contributed by atoms with E-state index in [-0.39, 0.29) is 11.9 Å². The standard InChI is InChI=1S/C16H17ClFNO/c1-19-14(11-20-15-5-3-2-4-6-15)9-12-7-8-13(18)10-16(12)17/h2-8,10,14,19H,9,11H2,1H3. The monoisotopic (exact) mass is 293 g/mol. The molecule has 0 aliphatic heterocycles. The van der Waals surface area contributed by atoms with Crippen molar-refractivity contribution in [1.29, 1.82) is 0 Å². The molecule has 0 aromatic heterocycles. The van der Waals surface area contributed by atoms with Gasteiger partial charge in [0.2, 0.25) is 0 Å². The molecule has 20 heavy (non-hydrogen) atoms. The molecule has 0 saturated heterocycles. The molecule has 1 atom stereocenters. The van der Waals surface area contributed by atoms with Crippen molar-refractivity contribution >= 4 is 11.6 Å². The zero-order valence-corrected chi connectivity index (χ0v) is 12.0. The van der Waals surface area contributed by atoms with E-state index in [0.717, 1.165) is 11.3 Å². The van der Waals surface area contributed by atoms with Gasteiger partial charge in [-0.2, -0.15) is 0 Å². The maximum atomic E-state index is 13.0. The van der Waals surface area contributed by atoms with Crippen molar-refractivity contribution in [1.82, 2.24) is 5.32 Å². The topological polar surface area (TPSA) is 21.3 Å². The van der Waals surface area contributed by atoms with Crippen molar-refractivity contribution in [2.75, 3.05) is 13.7 Å². The lowest BCUT2D eigenvalue weighted by molar-refractivity contribution is 0.270. The van der Waals surface area contributed by atoms with E-state index in [9.17, 15) is 4.39 Å². The summed E-state index contributed by atoms with van der Waals surface area (Å²) >= 11 is 6.04. The smallest absolute Gasteiger partial charge is 0.124 e. The van der Waals surface area contributed by atoms with Crippen LogP contribution in [-0.2, 0) is 6.42 Å². The van der Waals surface area contributed by atoms with Crippen LogP contribution in [0.3, 0.4) is 0 Å². The largest absolute Gasteiger partial charge is 0.492 e. The molecule has 0 saturated carbocycles. The molecular weight excluding hydrogens is 277 g/mol.